The van der Waals surface area contributed by atoms with Gasteiger partial charge in [0.1, 0.15) is 6.61 Å². The molecule has 0 aromatic rings. The summed E-state index contributed by atoms with van der Waals surface area (Å²) in [5.74, 6) is -0.397. The zero-order valence-corrected chi connectivity index (χ0v) is 19.6. The van der Waals surface area contributed by atoms with Crippen molar-refractivity contribution in [3.05, 3.63) is 0 Å². The number of carbonyl (C=O) groups is 1. The smallest absolute Gasteiger partial charge is 0.331 e. The van der Waals surface area contributed by atoms with Gasteiger partial charge in [-0.2, -0.15) is 0 Å². The summed E-state index contributed by atoms with van der Waals surface area (Å²) in [5.41, 5.74) is 0. The highest BCUT2D eigenvalue weighted by atomic mass is 16.6. The lowest BCUT2D eigenvalue weighted by atomic mass is 10.2. The van der Waals surface area contributed by atoms with Crippen LogP contribution in [-0.2, 0) is 42.7 Å². The fraction of sp³-hybridized carbons (Fsp3) is 0.955. The topological polar surface area (TPSA) is 90.9 Å². The van der Waals surface area contributed by atoms with Gasteiger partial charge in [0.15, 0.2) is 0 Å². The van der Waals surface area contributed by atoms with Crippen LogP contribution in [0, 0.1) is 0 Å². The Bertz CT molecular complexity index is 356. The quantitative estimate of drug-likeness (QED) is 0.145. The zero-order valence-electron chi connectivity index (χ0n) is 19.6. The number of ether oxygens (including phenoxy) is 8. The molecule has 0 aliphatic carbocycles. The normalized spacial score (nSPS) is 11.2. The third kappa shape index (κ3) is 27.2. The lowest BCUT2D eigenvalue weighted by Crippen LogP contribution is -2.15. The minimum Gasteiger partial charge on any atom is -0.467 e. The van der Waals surface area contributed by atoms with Gasteiger partial charge in [-0.25, -0.2) is 4.79 Å². The lowest BCUT2D eigenvalue weighted by Gasteiger charge is -2.08. The van der Waals surface area contributed by atoms with Gasteiger partial charge < -0.3 is 37.9 Å². The van der Waals surface area contributed by atoms with Crippen LogP contribution >= 0.6 is 0 Å². The van der Waals surface area contributed by atoms with Crippen LogP contribution in [0.2, 0.25) is 0 Å². The van der Waals surface area contributed by atoms with Gasteiger partial charge in [-0.15, -0.1) is 0 Å². The van der Waals surface area contributed by atoms with E-state index in [2.05, 4.69) is 11.7 Å². The van der Waals surface area contributed by atoms with Gasteiger partial charge in [0, 0.05) is 6.61 Å². The Morgan fingerprint density at radius 3 is 1.23 bits per heavy atom. The van der Waals surface area contributed by atoms with E-state index in [4.69, 9.17) is 33.2 Å². The molecule has 0 fully saturated rings. The molecule has 9 nitrogen and oxygen atoms in total. The number of hydrogen-bond acceptors (Lipinski definition) is 9. The first-order valence-electron chi connectivity index (χ1n) is 11.4. The fourth-order valence-electron chi connectivity index (χ4n) is 2.34. The lowest BCUT2D eigenvalue weighted by molar-refractivity contribution is -0.146. The van der Waals surface area contributed by atoms with Crippen molar-refractivity contribution in [2.75, 3.05) is 99.6 Å². The first-order valence-corrected chi connectivity index (χ1v) is 11.4. The molecule has 0 aromatic heterocycles. The number of methoxy groups -OCH3 is 1. The van der Waals surface area contributed by atoms with Gasteiger partial charge in [0.25, 0.3) is 0 Å². The second-order valence-corrected chi connectivity index (χ2v) is 6.72. The van der Waals surface area contributed by atoms with E-state index in [0.717, 1.165) is 13.0 Å². The predicted octanol–water partition coefficient (Wildman–Crippen LogP) is 2.25. The Hall–Kier alpha value is -0.810. The molecule has 0 aliphatic rings. The third-order valence-corrected chi connectivity index (χ3v) is 4.07. The van der Waals surface area contributed by atoms with E-state index in [9.17, 15) is 4.79 Å². The van der Waals surface area contributed by atoms with E-state index < -0.39 is 5.97 Å². The van der Waals surface area contributed by atoms with Crippen molar-refractivity contribution in [1.29, 1.82) is 0 Å². The SMILES string of the molecule is CCCCCCCOCCOCCOCCOCCOCCOCCOCC(=O)OC. The highest BCUT2D eigenvalue weighted by Gasteiger charge is 1.99. The molecule has 0 radical (unpaired) electrons. The molecule has 0 saturated carbocycles. The molecular formula is C22H44O9. The van der Waals surface area contributed by atoms with Gasteiger partial charge in [-0.05, 0) is 6.42 Å². The third-order valence-electron chi connectivity index (χ3n) is 4.07. The summed E-state index contributed by atoms with van der Waals surface area (Å²) >= 11 is 0. The number of rotatable bonds is 26. The molecule has 0 aromatic carbocycles. The van der Waals surface area contributed by atoms with E-state index in [1.54, 1.807) is 0 Å². The number of hydrogen-bond donors (Lipinski definition) is 0. The van der Waals surface area contributed by atoms with Crippen molar-refractivity contribution in [2.45, 2.75) is 39.0 Å². The first kappa shape index (κ1) is 30.2. The molecule has 31 heavy (non-hydrogen) atoms. The summed E-state index contributed by atoms with van der Waals surface area (Å²) in [6.07, 6.45) is 6.28. The Labute approximate surface area is 187 Å². The average Bonchev–Trinajstić information content (AvgIpc) is 2.78. The van der Waals surface area contributed by atoms with Crippen LogP contribution in [0.3, 0.4) is 0 Å². The summed E-state index contributed by atoms with van der Waals surface area (Å²) < 4.78 is 42.0. The molecule has 0 spiro atoms. The fourth-order valence-corrected chi connectivity index (χ4v) is 2.34. The van der Waals surface area contributed by atoms with E-state index in [0.29, 0.717) is 79.3 Å². The molecule has 0 N–H and O–H groups in total. The molecule has 0 rings (SSSR count). The molecule has 0 aliphatic heterocycles. The summed E-state index contributed by atoms with van der Waals surface area (Å²) in [7, 11) is 1.32. The van der Waals surface area contributed by atoms with Crippen molar-refractivity contribution >= 4 is 5.97 Å². The predicted molar refractivity (Wildman–Crippen MR) is 117 cm³/mol. The Kier molecular flexibility index (Phi) is 26.5. The van der Waals surface area contributed by atoms with Crippen LogP contribution in [0.15, 0.2) is 0 Å². The maximum absolute atomic E-state index is 10.8. The molecule has 0 bridgehead atoms. The van der Waals surface area contributed by atoms with E-state index in [1.165, 1.54) is 32.8 Å². The summed E-state index contributed by atoms with van der Waals surface area (Å²) in [4.78, 5) is 10.8. The van der Waals surface area contributed by atoms with Crippen LogP contribution in [0.4, 0.5) is 0 Å². The van der Waals surface area contributed by atoms with E-state index >= 15 is 0 Å². The summed E-state index contributed by atoms with van der Waals surface area (Å²) in [5, 5.41) is 0. The molecule has 0 saturated heterocycles. The molecule has 186 valence electrons. The standard InChI is InChI=1S/C22H44O9/c1-3-4-5-6-7-8-25-9-10-26-11-12-27-13-14-28-15-16-29-17-18-30-19-20-31-21-22(23)24-2/h3-21H2,1-2H3. The first-order chi connectivity index (χ1) is 15.3. The molecule has 0 atom stereocenters. The van der Waals surface area contributed by atoms with Crippen LogP contribution in [0.1, 0.15) is 39.0 Å². The molecule has 9 heteroatoms. The Morgan fingerprint density at radius 2 is 0.839 bits per heavy atom. The van der Waals surface area contributed by atoms with E-state index in [-0.39, 0.29) is 6.61 Å². The summed E-state index contributed by atoms with van der Waals surface area (Å²) in [6.45, 7) is 9.13. The molecular weight excluding hydrogens is 408 g/mol. The molecule has 0 amide bonds. The maximum atomic E-state index is 10.8. The minimum absolute atomic E-state index is 0.0568. The van der Waals surface area contributed by atoms with Gasteiger partial charge >= 0.3 is 5.97 Å². The van der Waals surface area contributed by atoms with Crippen LogP contribution in [0.5, 0.6) is 0 Å². The van der Waals surface area contributed by atoms with Gasteiger partial charge in [0.05, 0.1) is 86.4 Å². The highest BCUT2D eigenvalue weighted by molar-refractivity contribution is 5.70. The summed E-state index contributed by atoms with van der Waals surface area (Å²) in [6, 6.07) is 0. The largest absolute Gasteiger partial charge is 0.467 e. The highest BCUT2D eigenvalue weighted by Crippen LogP contribution is 2.02. The second-order valence-electron chi connectivity index (χ2n) is 6.72. The maximum Gasteiger partial charge on any atom is 0.331 e. The minimum atomic E-state index is -0.397. The number of unbranched alkanes of at least 4 members (excludes halogenated alkanes) is 4. The number of carbonyl (C=O) groups excluding carboxylic acids is 1. The second kappa shape index (κ2) is 27.2. The van der Waals surface area contributed by atoms with Crippen molar-refractivity contribution in [3.63, 3.8) is 0 Å². The molecule has 0 unspecified atom stereocenters. The van der Waals surface area contributed by atoms with Crippen LogP contribution in [0.25, 0.3) is 0 Å². The van der Waals surface area contributed by atoms with Gasteiger partial charge in [0.2, 0.25) is 0 Å². The van der Waals surface area contributed by atoms with Crippen LogP contribution < -0.4 is 0 Å². The Balaban J connectivity index is 3.01. The van der Waals surface area contributed by atoms with Gasteiger partial charge in [-0.3, -0.25) is 0 Å². The van der Waals surface area contributed by atoms with Crippen LogP contribution in [-0.4, -0.2) is 106 Å². The van der Waals surface area contributed by atoms with E-state index in [1.807, 2.05) is 0 Å². The van der Waals surface area contributed by atoms with Crippen molar-refractivity contribution < 1.29 is 42.7 Å². The van der Waals surface area contributed by atoms with Crippen molar-refractivity contribution in [2.24, 2.45) is 0 Å². The van der Waals surface area contributed by atoms with Crippen molar-refractivity contribution in [1.82, 2.24) is 0 Å². The van der Waals surface area contributed by atoms with Crippen molar-refractivity contribution in [3.8, 4) is 0 Å². The van der Waals surface area contributed by atoms with Gasteiger partial charge in [-0.1, -0.05) is 32.6 Å². The Morgan fingerprint density at radius 1 is 0.484 bits per heavy atom. The number of esters is 1. The average molecular weight is 453 g/mol. The zero-order chi connectivity index (χ0) is 22.7. The molecule has 0 heterocycles. The monoisotopic (exact) mass is 452 g/mol.